The Balaban J connectivity index is 1.78. The quantitative estimate of drug-likeness (QED) is 0.759. The number of anilines is 2. The number of aryl methyl sites for hydroxylation is 1. The van der Waals surface area contributed by atoms with Crippen molar-refractivity contribution in [3.63, 3.8) is 0 Å². The van der Waals surface area contributed by atoms with Crippen molar-refractivity contribution in [2.75, 3.05) is 17.3 Å². The Morgan fingerprint density at radius 3 is 2.24 bits per heavy atom. The summed E-state index contributed by atoms with van der Waals surface area (Å²) in [4.78, 5) is 41.2. The Morgan fingerprint density at radius 1 is 1.07 bits per heavy atom. The van der Waals surface area contributed by atoms with Crippen molar-refractivity contribution in [2.24, 2.45) is 0 Å². The molecule has 1 heterocycles. The zero-order valence-corrected chi connectivity index (χ0v) is 17.0. The number of hydrogen-bond donors (Lipinski definition) is 1. The predicted molar refractivity (Wildman–Crippen MR) is 111 cm³/mol. The molecule has 1 aliphatic rings. The molecule has 7 heteroatoms. The summed E-state index contributed by atoms with van der Waals surface area (Å²) in [6.45, 7) is 5.60. The van der Waals surface area contributed by atoms with E-state index in [0.29, 0.717) is 17.1 Å². The number of benzene rings is 2. The summed E-state index contributed by atoms with van der Waals surface area (Å²) in [7, 11) is 1.57. The van der Waals surface area contributed by atoms with Gasteiger partial charge in [-0.15, -0.1) is 0 Å². The van der Waals surface area contributed by atoms with Gasteiger partial charge in [-0.25, -0.2) is 9.69 Å². The van der Waals surface area contributed by atoms with Crippen LogP contribution in [0.4, 0.5) is 16.2 Å². The zero-order chi connectivity index (χ0) is 21.1. The number of carbonyl (C=O) groups excluding carboxylic acids is 3. The molecule has 2 aromatic carbocycles. The Morgan fingerprint density at radius 2 is 1.69 bits per heavy atom. The number of nitrogens with one attached hydrogen (secondary N) is 1. The summed E-state index contributed by atoms with van der Waals surface area (Å²) in [5, 5.41) is 2.77. The lowest BCUT2D eigenvalue weighted by atomic mass is 10.1. The smallest absolute Gasteiger partial charge is 0.332 e. The Kier molecular flexibility index (Phi) is 5.87. The third-order valence-electron chi connectivity index (χ3n) is 4.85. The normalized spacial score (nSPS) is 16.5. The minimum atomic E-state index is -0.845. The van der Waals surface area contributed by atoms with Crippen LogP contribution >= 0.6 is 0 Å². The first kappa shape index (κ1) is 20.4. The fourth-order valence-electron chi connectivity index (χ4n) is 3.37. The number of hydrogen-bond acceptors (Lipinski definition) is 4. The zero-order valence-electron chi connectivity index (χ0n) is 17.0. The highest BCUT2D eigenvalue weighted by Gasteiger charge is 2.47. The van der Waals surface area contributed by atoms with E-state index in [1.807, 2.05) is 32.9 Å². The van der Waals surface area contributed by atoms with Crippen molar-refractivity contribution in [1.82, 2.24) is 4.90 Å². The SMILES string of the molecule is COc1ccc(NC(=O)CC2C(=O)N(c3ccc(C)cc3)C(=O)N2C(C)C)cc1. The molecular formula is C22H25N3O4. The van der Waals surface area contributed by atoms with E-state index in [4.69, 9.17) is 4.74 Å². The van der Waals surface area contributed by atoms with Crippen LogP contribution in [0, 0.1) is 6.92 Å². The molecule has 1 saturated heterocycles. The summed E-state index contributed by atoms with van der Waals surface area (Å²) in [6, 6.07) is 12.6. The maximum Gasteiger partial charge on any atom is 0.332 e. The van der Waals surface area contributed by atoms with Gasteiger partial charge in [0, 0.05) is 11.7 Å². The average Bonchev–Trinajstić information content (AvgIpc) is 2.93. The van der Waals surface area contributed by atoms with E-state index in [9.17, 15) is 14.4 Å². The van der Waals surface area contributed by atoms with E-state index >= 15 is 0 Å². The largest absolute Gasteiger partial charge is 0.497 e. The van der Waals surface area contributed by atoms with Gasteiger partial charge in [-0.2, -0.15) is 0 Å². The molecule has 0 aliphatic carbocycles. The van der Waals surface area contributed by atoms with E-state index in [0.717, 1.165) is 10.5 Å². The van der Waals surface area contributed by atoms with Gasteiger partial charge in [0.15, 0.2) is 0 Å². The summed E-state index contributed by atoms with van der Waals surface area (Å²) >= 11 is 0. The number of rotatable bonds is 6. The molecule has 7 nitrogen and oxygen atoms in total. The van der Waals surface area contributed by atoms with E-state index in [1.165, 1.54) is 4.90 Å². The molecule has 1 unspecified atom stereocenters. The molecule has 1 aliphatic heterocycles. The van der Waals surface area contributed by atoms with Gasteiger partial charge in [-0.3, -0.25) is 9.59 Å². The molecule has 29 heavy (non-hydrogen) atoms. The summed E-state index contributed by atoms with van der Waals surface area (Å²) in [6.07, 6.45) is -0.114. The first-order chi connectivity index (χ1) is 13.8. The van der Waals surface area contributed by atoms with Crippen molar-refractivity contribution >= 4 is 29.2 Å². The van der Waals surface area contributed by atoms with Gasteiger partial charge in [0.05, 0.1) is 19.2 Å². The van der Waals surface area contributed by atoms with Crippen LogP contribution in [0.25, 0.3) is 0 Å². The van der Waals surface area contributed by atoms with Crippen LogP contribution < -0.4 is 15.0 Å². The summed E-state index contributed by atoms with van der Waals surface area (Å²) in [5.41, 5.74) is 2.14. The minimum absolute atomic E-state index is 0.114. The number of nitrogens with zero attached hydrogens (tertiary/aromatic N) is 2. The van der Waals surface area contributed by atoms with Crippen LogP contribution in [-0.4, -0.2) is 41.9 Å². The number of carbonyl (C=O) groups is 3. The molecule has 0 aromatic heterocycles. The molecule has 1 N–H and O–H groups in total. The lowest BCUT2D eigenvalue weighted by Crippen LogP contribution is -2.42. The Bertz CT molecular complexity index is 907. The lowest BCUT2D eigenvalue weighted by Gasteiger charge is -2.25. The lowest BCUT2D eigenvalue weighted by molar-refractivity contribution is -0.124. The van der Waals surface area contributed by atoms with Crippen molar-refractivity contribution in [1.29, 1.82) is 0 Å². The number of ether oxygens (including phenoxy) is 1. The van der Waals surface area contributed by atoms with Crippen molar-refractivity contribution < 1.29 is 19.1 Å². The van der Waals surface area contributed by atoms with Crippen molar-refractivity contribution in [2.45, 2.75) is 39.3 Å². The highest BCUT2D eigenvalue weighted by atomic mass is 16.5. The first-order valence-corrected chi connectivity index (χ1v) is 9.48. The second-order valence-corrected chi connectivity index (χ2v) is 7.29. The van der Waals surface area contributed by atoms with Crippen LogP contribution in [0.3, 0.4) is 0 Å². The van der Waals surface area contributed by atoms with Crippen molar-refractivity contribution in [3.05, 3.63) is 54.1 Å². The van der Waals surface area contributed by atoms with Gasteiger partial charge >= 0.3 is 6.03 Å². The highest BCUT2D eigenvalue weighted by Crippen LogP contribution is 2.29. The van der Waals surface area contributed by atoms with Gasteiger partial charge in [-0.05, 0) is 57.2 Å². The Labute approximate surface area is 170 Å². The third kappa shape index (κ3) is 4.23. The minimum Gasteiger partial charge on any atom is -0.497 e. The van der Waals surface area contributed by atoms with Crippen molar-refractivity contribution in [3.8, 4) is 5.75 Å². The third-order valence-corrected chi connectivity index (χ3v) is 4.85. The second kappa shape index (κ2) is 8.34. The van der Waals surface area contributed by atoms with E-state index in [-0.39, 0.29) is 18.4 Å². The van der Waals surface area contributed by atoms with E-state index in [2.05, 4.69) is 5.32 Å². The van der Waals surface area contributed by atoms with Crippen LogP contribution in [0.1, 0.15) is 25.8 Å². The number of amides is 4. The van der Waals surface area contributed by atoms with Gasteiger partial charge in [0.25, 0.3) is 5.91 Å². The number of imide groups is 1. The Hall–Kier alpha value is -3.35. The van der Waals surface area contributed by atoms with Gasteiger partial charge < -0.3 is 15.0 Å². The van der Waals surface area contributed by atoms with E-state index in [1.54, 1.807) is 43.5 Å². The average molecular weight is 395 g/mol. The summed E-state index contributed by atoms with van der Waals surface area (Å²) in [5.74, 6) is -0.0468. The fourth-order valence-corrected chi connectivity index (χ4v) is 3.37. The molecule has 1 atom stereocenters. The molecule has 1 fully saturated rings. The molecule has 0 saturated carbocycles. The monoisotopic (exact) mass is 395 g/mol. The van der Waals surface area contributed by atoms with Crippen LogP contribution in [0.15, 0.2) is 48.5 Å². The fraction of sp³-hybridized carbons (Fsp3) is 0.318. The molecule has 0 spiro atoms. The topological polar surface area (TPSA) is 79.0 Å². The molecule has 152 valence electrons. The number of methoxy groups -OCH3 is 1. The van der Waals surface area contributed by atoms with Crippen LogP contribution in [0.2, 0.25) is 0 Å². The van der Waals surface area contributed by atoms with Crippen LogP contribution in [-0.2, 0) is 9.59 Å². The molecule has 3 rings (SSSR count). The van der Waals surface area contributed by atoms with E-state index < -0.39 is 18.0 Å². The first-order valence-electron chi connectivity index (χ1n) is 9.48. The predicted octanol–water partition coefficient (Wildman–Crippen LogP) is 3.58. The van der Waals surface area contributed by atoms with Gasteiger partial charge in [0.1, 0.15) is 11.8 Å². The maximum absolute atomic E-state index is 13.1. The second-order valence-electron chi connectivity index (χ2n) is 7.29. The van der Waals surface area contributed by atoms with Crippen LogP contribution in [0.5, 0.6) is 5.75 Å². The molecular weight excluding hydrogens is 370 g/mol. The van der Waals surface area contributed by atoms with Gasteiger partial charge in [0.2, 0.25) is 5.91 Å². The molecule has 4 amide bonds. The highest BCUT2D eigenvalue weighted by molar-refractivity contribution is 6.22. The summed E-state index contributed by atoms with van der Waals surface area (Å²) < 4.78 is 5.10. The standard InChI is InChI=1S/C22H25N3O4/c1-14(2)24-19(13-20(26)23-16-7-11-18(29-4)12-8-16)21(27)25(22(24)28)17-9-5-15(3)6-10-17/h5-12,14,19H,13H2,1-4H3,(H,23,26). The molecule has 0 bridgehead atoms. The molecule has 2 aromatic rings. The number of urea groups is 1. The molecule has 0 radical (unpaired) electrons. The maximum atomic E-state index is 13.1. The van der Waals surface area contributed by atoms with Gasteiger partial charge in [-0.1, -0.05) is 17.7 Å².